The zero-order chi connectivity index (χ0) is 26.0. The van der Waals surface area contributed by atoms with E-state index >= 15 is 0 Å². The Labute approximate surface area is 205 Å². The number of nitrogens with one attached hydrogen (secondary N) is 2. The Morgan fingerprint density at radius 2 is 1.81 bits per heavy atom. The lowest BCUT2D eigenvalue weighted by molar-refractivity contribution is -0.111. The number of methoxy groups -OCH3 is 2. The molecule has 0 radical (unpaired) electrons. The van der Waals surface area contributed by atoms with Crippen LogP contribution in [0.4, 0.5) is 14.5 Å². The van der Waals surface area contributed by atoms with Crippen LogP contribution in [0.15, 0.2) is 55.3 Å². The number of carbonyl (C=O) groups is 2. The molecule has 0 bridgehead atoms. The summed E-state index contributed by atoms with van der Waals surface area (Å²) in [6.45, 7) is 5.41. The molecule has 0 saturated carbocycles. The van der Waals surface area contributed by atoms with Gasteiger partial charge in [-0.1, -0.05) is 18.7 Å². The zero-order valence-corrected chi connectivity index (χ0v) is 19.9. The van der Waals surface area contributed by atoms with Gasteiger partial charge in [-0.05, 0) is 42.3 Å². The second-order valence-corrected chi connectivity index (χ2v) is 8.03. The van der Waals surface area contributed by atoms with Crippen LogP contribution in [-0.4, -0.2) is 35.9 Å². The number of pyridine rings is 1. The average molecular weight is 491 g/mol. The maximum Gasteiger partial charge on any atom is 0.247 e. The molecule has 1 amide bonds. The summed E-state index contributed by atoms with van der Waals surface area (Å²) in [5.74, 6) is -4.08. The number of hydrogen-bond donors (Lipinski definition) is 2. The number of aromatic nitrogens is 2. The summed E-state index contributed by atoms with van der Waals surface area (Å²) in [6, 6.07) is 9.87. The Hall–Kier alpha value is -4.53. The van der Waals surface area contributed by atoms with Gasteiger partial charge in [0.05, 0.1) is 31.6 Å². The number of nitrogens with zero attached hydrogens (tertiary/aromatic N) is 1. The lowest BCUT2D eigenvalue weighted by atomic mass is 10.0. The number of carbonyl (C=O) groups excluding carboxylic acids is 2. The van der Waals surface area contributed by atoms with Crippen molar-refractivity contribution < 1.29 is 27.8 Å². The Kier molecular flexibility index (Phi) is 6.82. The van der Waals surface area contributed by atoms with Crippen molar-refractivity contribution in [1.82, 2.24) is 9.97 Å². The van der Waals surface area contributed by atoms with Gasteiger partial charge in [0.2, 0.25) is 11.7 Å². The van der Waals surface area contributed by atoms with Gasteiger partial charge < -0.3 is 19.8 Å². The first kappa shape index (κ1) is 24.6. The number of amides is 1. The lowest BCUT2D eigenvalue weighted by Gasteiger charge is -2.13. The van der Waals surface area contributed by atoms with Gasteiger partial charge in [-0.15, -0.1) is 0 Å². The Balaban J connectivity index is 1.70. The number of benzene rings is 2. The van der Waals surface area contributed by atoms with Crippen molar-refractivity contribution in [1.29, 1.82) is 0 Å². The fourth-order valence-electron chi connectivity index (χ4n) is 3.93. The first-order valence-electron chi connectivity index (χ1n) is 10.9. The van der Waals surface area contributed by atoms with Crippen molar-refractivity contribution >= 4 is 28.3 Å². The van der Waals surface area contributed by atoms with Gasteiger partial charge in [0, 0.05) is 29.3 Å². The smallest absolute Gasteiger partial charge is 0.247 e. The third kappa shape index (κ3) is 4.55. The second kappa shape index (κ2) is 9.99. The van der Waals surface area contributed by atoms with Crippen LogP contribution in [0, 0.1) is 18.6 Å². The molecule has 7 nitrogen and oxygen atoms in total. The molecule has 0 saturated heterocycles. The fourth-order valence-corrected chi connectivity index (χ4v) is 3.93. The van der Waals surface area contributed by atoms with Crippen molar-refractivity contribution in [3.05, 3.63) is 95.0 Å². The van der Waals surface area contributed by atoms with E-state index in [9.17, 15) is 18.4 Å². The molecule has 4 rings (SSSR count). The van der Waals surface area contributed by atoms with E-state index in [4.69, 9.17) is 9.47 Å². The summed E-state index contributed by atoms with van der Waals surface area (Å²) in [5, 5.41) is 3.43. The number of rotatable bonds is 8. The van der Waals surface area contributed by atoms with E-state index in [1.807, 2.05) is 19.1 Å². The van der Waals surface area contributed by atoms with Crippen LogP contribution in [0.5, 0.6) is 11.5 Å². The molecule has 9 heteroatoms. The highest BCUT2D eigenvalue weighted by molar-refractivity contribution is 6.11. The normalized spacial score (nSPS) is 10.8. The highest BCUT2D eigenvalue weighted by Gasteiger charge is 2.27. The van der Waals surface area contributed by atoms with Crippen LogP contribution in [0.1, 0.15) is 32.9 Å². The predicted octanol–water partition coefficient (Wildman–Crippen LogP) is 5.11. The third-order valence-corrected chi connectivity index (χ3v) is 5.82. The summed E-state index contributed by atoms with van der Waals surface area (Å²) < 4.78 is 39.5. The molecular weight excluding hydrogens is 468 g/mol. The van der Waals surface area contributed by atoms with Gasteiger partial charge in [-0.2, -0.15) is 0 Å². The van der Waals surface area contributed by atoms with E-state index in [1.165, 1.54) is 26.4 Å². The summed E-state index contributed by atoms with van der Waals surface area (Å²) in [7, 11) is 2.42. The van der Waals surface area contributed by atoms with Crippen molar-refractivity contribution in [3.8, 4) is 11.5 Å². The van der Waals surface area contributed by atoms with Crippen LogP contribution in [0.3, 0.4) is 0 Å². The molecule has 4 aromatic rings. The van der Waals surface area contributed by atoms with E-state index in [2.05, 4.69) is 21.9 Å². The molecule has 0 atom stereocenters. The molecule has 0 aliphatic carbocycles. The average Bonchev–Trinajstić information content (AvgIpc) is 3.30. The van der Waals surface area contributed by atoms with Crippen molar-refractivity contribution in [3.63, 3.8) is 0 Å². The minimum Gasteiger partial charge on any atom is -0.494 e. The number of ether oxygens (including phenoxy) is 2. The van der Waals surface area contributed by atoms with Crippen molar-refractivity contribution in [2.75, 3.05) is 19.5 Å². The molecule has 2 N–H and O–H groups in total. The van der Waals surface area contributed by atoms with Crippen molar-refractivity contribution in [2.24, 2.45) is 0 Å². The molecule has 0 spiro atoms. The van der Waals surface area contributed by atoms with Crippen LogP contribution in [-0.2, 0) is 11.2 Å². The second-order valence-electron chi connectivity index (χ2n) is 8.03. The van der Waals surface area contributed by atoms with Gasteiger partial charge in [0.15, 0.2) is 23.1 Å². The Bertz CT molecular complexity index is 1480. The summed E-state index contributed by atoms with van der Waals surface area (Å²) >= 11 is 0. The predicted molar refractivity (Wildman–Crippen MR) is 132 cm³/mol. The molecule has 0 fully saturated rings. The number of anilines is 1. The fraction of sp³-hybridized carbons (Fsp3) is 0.148. The van der Waals surface area contributed by atoms with Gasteiger partial charge >= 0.3 is 0 Å². The van der Waals surface area contributed by atoms with E-state index in [1.54, 1.807) is 18.3 Å². The monoisotopic (exact) mass is 491 g/mol. The molecule has 0 aliphatic heterocycles. The molecule has 184 valence electrons. The maximum absolute atomic E-state index is 14.8. The standard InChI is InChI=1S/C27H23F2N3O4/c1-5-23(33)32-18-8-6-7-14(2)17(18)11-16-9-15-10-19(31-20(15)13-30-16)27(34)24-25(28)21(35-3)12-22(36-4)26(24)29/h5-10,12-13,31H,1,11H2,2-4H3,(H,32,33). The van der Waals surface area contributed by atoms with E-state index in [0.717, 1.165) is 17.2 Å². The minimum absolute atomic E-state index is 0.0214. The number of aryl methyl sites for hydroxylation is 1. The van der Waals surface area contributed by atoms with Gasteiger partial charge in [0.1, 0.15) is 5.56 Å². The quantitative estimate of drug-likeness (QED) is 0.264. The van der Waals surface area contributed by atoms with Gasteiger partial charge in [-0.25, -0.2) is 8.78 Å². The largest absolute Gasteiger partial charge is 0.494 e. The number of H-pyrrole nitrogens is 1. The number of aromatic amines is 1. The topological polar surface area (TPSA) is 93.3 Å². The molecular formula is C27H23F2N3O4. The van der Waals surface area contributed by atoms with Gasteiger partial charge in [0.25, 0.3) is 0 Å². The Morgan fingerprint density at radius 3 is 2.44 bits per heavy atom. The maximum atomic E-state index is 14.8. The van der Waals surface area contributed by atoms with Crippen LogP contribution in [0.25, 0.3) is 10.9 Å². The first-order chi connectivity index (χ1) is 17.3. The molecule has 0 unspecified atom stereocenters. The number of ketones is 1. The minimum atomic E-state index is -1.12. The highest BCUT2D eigenvalue weighted by Crippen LogP contribution is 2.33. The van der Waals surface area contributed by atoms with Crippen molar-refractivity contribution in [2.45, 2.75) is 13.3 Å². The SMILES string of the molecule is C=CC(=O)Nc1cccc(C)c1Cc1cc2cc(C(=O)c3c(F)c(OC)cc(OC)c3F)[nH]c2cn1. The van der Waals surface area contributed by atoms with Gasteiger partial charge in [-0.3, -0.25) is 14.6 Å². The van der Waals surface area contributed by atoms with E-state index in [0.29, 0.717) is 28.7 Å². The summed E-state index contributed by atoms with van der Waals surface area (Å²) in [5.41, 5.74) is 2.86. The highest BCUT2D eigenvalue weighted by atomic mass is 19.1. The van der Waals surface area contributed by atoms with E-state index < -0.39 is 23.0 Å². The molecule has 2 aromatic carbocycles. The molecule has 36 heavy (non-hydrogen) atoms. The molecule has 0 aliphatic rings. The summed E-state index contributed by atoms with van der Waals surface area (Å²) in [6.07, 6.45) is 3.14. The lowest BCUT2D eigenvalue weighted by Crippen LogP contribution is -2.10. The molecule has 2 heterocycles. The van der Waals surface area contributed by atoms with Crippen LogP contribution in [0.2, 0.25) is 0 Å². The number of fused-ring (bicyclic) bond motifs is 1. The first-order valence-corrected chi connectivity index (χ1v) is 10.9. The summed E-state index contributed by atoms with van der Waals surface area (Å²) in [4.78, 5) is 32.3. The third-order valence-electron chi connectivity index (χ3n) is 5.82. The van der Waals surface area contributed by atoms with E-state index in [-0.39, 0.29) is 23.1 Å². The number of halogens is 2. The molecule has 2 aromatic heterocycles. The number of hydrogen-bond acceptors (Lipinski definition) is 5. The van der Waals surface area contributed by atoms with Crippen LogP contribution < -0.4 is 14.8 Å². The zero-order valence-electron chi connectivity index (χ0n) is 19.9. The van der Waals surface area contributed by atoms with Crippen LogP contribution >= 0.6 is 0 Å². The Morgan fingerprint density at radius 1 is 1.11 bits per heavy atom.